The van der Waals surface area contributed by atoms with E-state index in [0.717, 1.165) is 16.5 Å². The van der Waals surface area contributed by atoms with Crippen molar-refractivity contribution in [2.24, 2.45) is 5.16 Å². The van der Waals surface area contributed by atoms with Gasteiger partial charge in [0, 0.05) is 10.0 Å². The van der Waals surface area contributed by atoms with Crippen molar-refractivity contribution in [2.75, 3.05) is 0 Å². The molecule has 1 heterocycles. The van der Waals surface area contributed by atoms with Crippen molar-refractivity contribution in [2.45, 2.75) is 18.7 Å². The summed E-state index contributed by atoms with van der Waals surface area (Å²) in [6.45, 7) is 3.66. The minimum Gasteiger partial charge on any atom is -0.275 e. The van der Waals surface area contributed by atoms with Crippen LogP contribution in [0.5, 0.6) is 0 Å². The van der Waals surface area contributed by atoms with Crippen LogP contribution in [0.3, 0.4) is 0 Å². The first-order valence-electron chi connectivity index (χ1n) is 3.38. The van der Waals surface area contributed by atoms with Gasteiger partial charge in [0.1, 0.15) is 0 Å². The number of isocyanates is 1. The van der Waals surface area contributed by atoms with Crippen LogP contribution in [-0.2, 0) is 20.2 Å². The van der Waals surface area contributed by atoms with Crippen LogP contribution in [0.25, 0.3) is 0 Å². The zero-order valence-corrected chi connectivity index (χ0v) is 8.70. The molecule has 0 amide bonds. The molecule has 13 heavy (non-hydrogen) atoms. The first kappa shape index (κ1) is 10.1. The second kappa shape index (κ2) is 4.32. The number of nitrogens with zero attached hydrogens (tertiary/aromatic N) is 1. The first-order chi connectivity index (χ1) is 6.16. The van der Waals surface area contributed by atoms with Gasteiger partial charge in [0.2, 0.25) is 0 Å². The van der Waals surface area contributed by atoms with E-state index >= 15 is 0 Å². The summed E-state index contributed by atoms with van der Waals surface area (Å²) in [5, 5.41) is 4.68. The molecule has 0 bridgehead atoms. The lowest BCUT2D eigenvalue weighted by Crippen LogP contribution is -1.94. The minimum absolute atomic E-state index is 0.587. The highest BCUT2D eigenvalue weighted by atomic mass is 32.2. The molecule has 0 aliphatic heterocycles. The number of hydrogen-bond donors (Lipinski definition) is 0. The van der Waals surface area contributed by atoms with Crippen LogP contribution in [0.2, 0.25) is 0 Å². The highest BCUT2D eigenvalue weighted by Crippen LogP contribution is 2.24. The van der Waals surface area contributed by atoms with Gasteiger partial charge in [0.05, 0.1) is 4.90 Å². The maximum Gasteiger partial charge on any atom is 0.278 e. The smallest absolute Gasteiger partial charge is 0.275 e. The van der Waals surface area contributed by atoms with Crippen molar-refractivity contribution in [3.63, 3.8) is 0 Å². The van der Waals surface area contributed by atoms with Gasteiger partial charge in [0.25, 0.3) is 17.2 Å². The average molecular weight is 217 g/mol. The van der Waals surface area contributed by atoms with Crippen LogP contribution in [0.15, 0.2) is 15.4 Å². The highest BCUT2D eigenvalue weighted by molar-refractivity contribution is 7.80. The van der Waals surface area contributed by atoms with E-state index in [4.69, 9.17) is 0 Å². The SMILES string of the molecule is Cc1csc(C)c1S(=O)ON=C=O. The summed E-state index contributed by atoms with van der Waals surface area (Å²) >= 11 is -0.215. The third kappa shape index (κ3) is 2.24. The van der Waals surface area contributed by atoms with E-state index in [9.17, 15) is 9.00 Å². The molecule has 0 saturated carbocycles. The fourth-order valence-corrected chi connectivity index (χ4v) is 2.79. The maximum absolute atomic E-state index is 11.3. The molecule has 0 N–H and O–H groups in total. The molecule has 1 aromatic rings. The summed E-state index contributed by atoms with van der Waals surface area (Å²) in [4.78, 5) is 11.2. The second-order valence-corrected chi connectivity index (χ2v) is 4.41. The Morgan fingerprint density at radius 3 is 2.77 bits per heavy atom. The van der Waals surface area contributed by atoms with Crippen LogP contribution in [0, 0.1) is 13.8 Å². The third-order valence-electron chi connectivity index (χ3n) is 1.40. The monoisotopic (exact) mass is 217 g/mol. The maximum atomic E-state index is 11.3. The predicted molar refractivity (Wildman–Crippen MR) is 49.4 cm³/mol. The summed E-state index contributed by atoms with van der Waals surface area (Å²) < 4.78 is 15.7. The molecule has 4 nitrogen and oxygen atoms in total. The summed E-state index contributed by atoms with van der Waals surface area (Å²) in [6, 6.07) is 0. The van der Waals surface area contributed by atoms with E-state index in [-0.39, 0.29) is 0 Å². The Morgan fingerprint density at radius 1 is 1.62 bits per heavy atom. The van der Waals surface area contributed by atoms with Crippen molar-refractivity contribution in [1.29, 1.82) is 0 Å². The molecule has 70 valence electrons. The Morgan fingerprint density at radius 2 is 2.31 bits per heavy atom. The van der Waals surface area contributed by atoms with Gasteiger partial charge in [-0.2, -0.15) is 0 Å². The highest BCUT2D eigenvalue weighted by Gasteiger charge is 2.13. The molecule has 0 aliphatic carbocycles. The summed E-state index contributed by atoms with van der Waals surface area (Å²) in [5.41, 5.74) is 0.877. The van der Waals surface area contributed by atoms with Crippen molar-refractivity contribution >= 4 is 28.5 Å². The topological polar surface area (TPSA) is 55.7 Å². The van der Waals surface area contributed by atoms with E-state index in [1.54, 1.807) is 0 Å². The van der Waals surface area contributed by atoms with Crippen LogP contribution in [0.4, 0.5) is 0 Å². The first-order valence-corrected chi connectivity index (χ1v) is 5.33. The Labute approximate surface area is 81.9 Å². The van der Waals surface area contributed by atoms with Crippen LogP contribution < -0.4 is 0 Å². The molecular weight excluding hydrogens is 210 g/mol. The van der Waals surface area contributed by atoms with Crippen molar-refractivity contribution in [3.05, 3.63) is 15.8 Å². The number of carbonyl (C=O) groups excluding carboxylic acids is 1. The molecule has 0 radical (unpaired) electrons. The number of rotatable bonds is 3. The van der Waals surface area contributed by atoms with Crippen LogP contribution in [0.1, 0.15) is 10.4 Å². The molecule has 1 rings (SSSR count). The lowest BCUT2D eigenvalue weighted by molar-refractivity contribution is 0.367. The number of thiophene rings is 1. The quantitative estimate of drug-likeness (QED) is 0.439. The Kier molecular flexibility index (Phi) is 3.36. The van der Waals surface area contributed by atoms with Crippen molar-refractivity contribution in [3.8, 4) is 0 Å². The van der Waals surface area contributed by atoms with E-state index in [0.29, 0.717) is 4.90 Å². The van der Waals surface area contributed by atoms with Gasteiger partial charge in [-0.1, -0.05) is 0 Å². The largest absolute Gasteiger partial charge is 0.278 e. The lowest BCUT2D eigenvalue weighted by atomic mass is 10.3. The molecular formula is C7H7NO3S2. The average Bonchev–Trinajstić information content (AvgIpc) is 2.42. The Hall–Kier alpha value is -0.970. The van der Waals surface area contributed by atoms with Crippen LogP contribution in [-0.4, -0.2) is 10.3 Å². The summed E-state index contributed by atoms with van der Waals surface area (Å²) in [5.74, 6) is 0. The van der Waals surface area contributed by atoms with E-state index in [1.807, 2.05) is 19.2 Å². The zero-order valence-electron chi connectivity index (χ0n) is 7.07. The van der Waals surface area contributed by atoms with E-state index in [1.165, 1.54) is 11.3 Å². The minimum atomic E-state index is -1.69. The fourth-order valence-electron chi connectivity index (χ4n) is 0.897. The van der Waals surface area contributed by atoms with Crippen molar-refractivity contribution in [1.82, 2.24) is 0 Å². The zero-order chi connectivity index (χ0) is 9.84. The summed E-state index contributed by atoms with van der Waals surface area (Å²) in [6.07, 6.45) is 1.16. The van der Waals surface area contributed by atoms with Gasteiger partial charge in [-0.3, -0.25) is 4.28 Å². The summed E-state index contributed by atoms with van der Waals surface area (Å²) in [7, 11) is 0. The van der Waals surface area contributed by atoms with Gasteiger partial charge in [-0.05, 0) is 24.8 Å². The van der Waals surface area contributed by atoms with Crippen molar-refractivity contribution < 1.29 is 13.3 Å². The Bertz CT molecular complexity index is 360. The standard InChI is InChI=1S/C7H7NO3S2/c1-5-3-12-6(2)7(5)13(10)11-8-4-9/h3H,1-2H3. The van der Waals surface area contributed by atoms with Gasteiger partial charge in [-0.15, -0.1) is 11.3 Å². The molecule has 0 saturated heterocycles. The van der Waals surface area contributed by atoms with Crippen LogP contribution >= 0.6 is 11.3 Å². The lowest BCUT2D eigenvalue weighted by Gasteiger charge is -1.96. The van der Waals surface area contributed by atoms with E-state index < -0.39 is 11.1 Å². The van der Waals surface area contributed by atoms with E-state index in [2.05, 4.69) is 9.44 Å². The molecule has 0 aliphatic rings. The second-order valence-electron chi connectivity index (χ2n) is 2.30. The van der Waals surface area contributed by atoms with Gasteiger partial charge in [0.15, 0.2) is 0 Å². The third-order valence-corrected chi connectivity index (χ3v) is 3.73. The molecule has 6 heteroatoms. The Balaban J connectivity index is 2.94. The van der Waals surface area contributed by atoms with Gasteiger partial charge < -0.3 is 0 Å². The van der Waals surface area contributed by atoms with Gasteiger partial charge >= 0.3 is 0 Å². The molecule has 1 atom stereocenters. The molecule has 0 fully saturated rings. The molecule has 0 spiro atoms. The number of hydrogen-bond acceptors (Lipinski definition) is 5. The van der Waals surface area contributed by atoms with Gasteiger partial charge in [-0.25, -0.2) is 9.00 Å². The molecule has 0 aromatic carbocycles. The number of aryl methyl sites for hydroxylation is 2. The molecule has 1 aromatic heterocycles. The normalized spacial score (nSPS) is 11.8. The fraction of sp³-hybridized carbons (Fsp3) is 0.286. The molecule has 1 unspecified atom stereocenters. The predicted octanol–water partition coefficient (Wildman–Crippen LogP) is 1.65.